The Morgan fingerprint density at radius 1 is 0.304 bits per heavy atom. The third-order valence-electron chi connectivity index (χ3n) is 13.7. The lowest BCUT2D eigenvalue weighted by molar-refractivity contribution is 1.17. The lowest BCUT2D eigenvalue weighted by atomic mass is 10.0. The first-order valence-corrected chi connectivity index (χ1v) is 24.2. The van der Waals surface area contributed by atoms with Crippen molar-refractivity contribution < 1.29 is 0 Å². The molecule has 0 fully saturated rings. The molecule has 14 aromatic rings. The molecule has 0 unspecified atom stereocenters. The molecule has 4 nitrogen and oxygen atoms in total. The summed E-state index contributed by atoms with van der Waals surface area (Å²) in [6.07, 6.45) is 0. The minimum atomic E-state index is 0.935. The number of hydrogen-bond acceptors (Lipinski definition) is 3. The summed E-state index contributed by atoms with van der Waals surface area (Å²) in [6, 6.07) is 87.3. The van der Waals surface area contributed by atoms with Crippen molar-refractivity contribution in [3.05, 3.63) is 243 Å². The van der Waals surface area contributed by atoms with Gasteiger partial charge in [-0.3, -0.25) is 0 Å². The van der Waals surface area contributed by atoms with Gasteiger partial charge in [-0.15, -0.1) is 11.3 Å². The minimum absolute atomic E-state index is 0.935. The highest BCUT2D eigenvalue weighted by atomic mass is 32.1. The number of fused-ring (bicyclic) bond motifs is 10. The number of para-hydroxylation sites is 1. The zero-order chi connectivity index (χ0) is 45.4. The summed E-state index contributed by atoms with van der Waals surface area (Å²) in [5.41, 5.74) is 17.3. The third kappa shape index (κ3) is 6.43. The predicted molar refractivity (Wildman–Crippen MR) is 291 cm³/mol. The monoisotopic (exact) mass is 896 g/mol. The molecule has 0 saturated heterocycles. The number of hydrogen-bond donors (Lipinski definition) is 0. The van der Waals surface area contributed by atoms with E-state index in [4.69, 9.17) is 9.97 Å². The van der Waals surface area contributed by atoms with Crippen LogP contribution in [0, 0.1) is 0 Å². The Balaban J connectivity index is 1.06. The second kappa shape index (κ2) is 15.9. The topological polar surface area (TPSA) is 35.6 Å². The first kappa shape index (κ1) is 39.3. The Bertz CT molecular complexity index is 4300. The summed E-state index contributed by atoms with van der Waals surface area (Å²) < 4.78 is 7.54. The van der Waals surface area contributed by atoms with Crippen LogP contribution < -0.4 is 0 Å². The molecule has 0 saturated carbocycles. The second-order valence-corrected chi connectivity index (χ2v) is 18.8. The number of thiophene rings is 1. The standard InChI is InChI=1S/C64H40N4S/c1-4-16-41(17-5-1)54-27-14-29-56(65-54)44-32-35-58-52(39-44)50-34-37-60-62(63(50)68(58)47-23-12-20-43(38-47)48-25-13-26-51-49-24-10-11-31-61(49)69-64(48)51)53-40-45(33-36-59(53)67(60)46-21-8-3-9-22-46)57-30-15-28-55(66-57)42-18-6-2-7-19-42/h1-40H. The van der Waals surface area contributed by atoms with E-state index in [2.05, 4.69) is 240 Å². The Morgan fingerprint density at radius 3 is 1.52 bits per heavy atom. The van der Waals surface area contributed by atoms with Gasteiger partial charge in [0.25, 0.3) is 0 Å². The molecular formula is C64H40N4S. The fourth-order valence-electron chi connectivity index (χ4n) is 10.6. The highest BCUT2D eigenvalue weighted by Crippen LogP contribution is 2.45. The summed E-state index contributed by atoms with van der Waals surface area (Å²) in [5.74, 6) is 0. The van der Waals surface area contributed by atoms with Gasteiger partial charge in [0, 0.05) is 75.3 Å². The van der Waals surface area contributed by atoms with E-state index in [9.17, 15) is 0 Å². The molecule has 9 aromatic carbocycles. The van der Waals surface area contributed by atoms with Crippen LogP contribution in [0.3, 0.4) is 0 Å². The van der Waals surface area contributed by atoms with Gasteiger partial charge in [-0.05, 0) is 96.1 Å². The molecule has 0 aliphatic carbocycles. The Kier molecular flexibility index (Phi) is 9.04. The maximum atomic E-state index is 5.25. The van der Waals surface area contributed by atoms with Gasteiger partial charge in [0.2, 0.25) is 0 Å². The lowest BCUT2D eigenvalue weighted by Crippen LogP contribution is -1.96. The van der Waals surface area contributed by atoms with Crippen molar-refractivity contribution in [3.8, 4) is 67.5 Å². The Labute approximate surface area is 402 Å². The fraction of sp³-hybridized carbons (Fsp3) is 0. The second-order valence-electron chi connectivity index (χ2n) is 17.7. The van der Waals surface area contributed by atoms with Crippen molar-refractivity contribution in [3.63, 3.8) is 0 Å². The van der Waals surface area contributed by atoms with Gasteiger partial charge in [-0.1, -0.05) is 158 Å². The Morgan fingerprint density at radius 2 is 0.826 bits per heavy atom. The number of aromatic nitrogens is 4. The fourth-order valence-corrected chi connectivity index (χ4v) is 11.8. The van der Waals surface area contributed by atoms with Gasteiger partial charge in [0.05, 0.1) is 44.8 Å². The maximum Gasteiger partial charge on any atom is 0.0709 e. The molecule has 0 N–H and O–H groups in total. The van der Waals surface area contributed by atoms with E-state index in [1.165, 1.54) is 47.5 Å². The maximum absolute atomic E-state index is 5.25. The van der Waals surface area contributed by atoms with Crippen LogP contribution in [0.4, 0.5) is 0 Å². The molecular weight excluding hydrogens is 857 g/mol. The van der Waals surface area contributed by atoms with Crippen molar-refractivity contribution >= 4 is 75.1 Å². The third-order valence-corrected chi connectivity index (χ3v) is 14.9. The molecule has 5 heterocycles. The van der Waals surface area contributed by atoms with Crippen LogP contribution in [0.5, 0.6) is 0 Å². The van der Waals surface area contributed by atoms with Crippen LogP contribution in [0.15, 0.2) is 243 Å². The van der Waals surface area contributed by atoms with Gasteiger partial charge < -0.3 is 9.13 Å². The predicted octanol–water partition coefficient (Wildman–Crippen LogP) is 17.4. The van der Waals surface area contributed by atoms with Crippen molar-refractivity contribution in [2.45, 2.75) is 0 Å². The van der Waals surface area contributed by atoms with Crippen molar-refractivity contribution in [2.75, 3.05) is 0 Å². The van der Waals surface area contributed by atoms with E-state index in [1.54, 1.807) is 0 Å². The van der Waals surface area contributed by atoms with Crippen LogP contribution in [0.2, 0.25) is 0 Å². The van der Waals surface area contributed by atoms with Crippen LogP contribution >= 0.6 is 11.3 Å². The molecule has 0 bridgehead atoms. The minimum Gasteiger partial charge on any atom is -0.309 e. The quantitative estimate of drug-likeness (QED) is 0.160. The molecule has 0 spiro atoms. The summed E-state index contributed by atoms with van der Waals surface area (Å²) in [5, 5.41) is 7.29. The van der Waals surface area contributed by atoms with E-state index < -0.39 is 0 Å². The average molecular weight is 897 g/mol. The van der Waals surface area contributed by atoms with E-state index in [0.717, 1.165) is 83.9 Å². The van der Waals surface area contributed by atoms with Crippen LogP contribution in [0.1, 0.15) is 0 Å². The first-order chi connectivity index (χ1) is 34.2. The average Bonchev–Trinajstić information content (AvgIpc) is 4.09. The normalized spacial score (nSPS) is 11.8. The molecule has 322 valence electrons. The van der Waals surface area contributed by atoms with Gasteiger partial charge >= 0.3 is 0 Å². The highest BCUT2D eigenvalue weighted by molar-refractivity contribution is 7.26. The molecule has 0 aliphatic heterocycles. The van der Waals surface area contributed by atoms with Gasteiger partial charge in [0.15, 0.2) is 0 Å². The number of nitrogens with zero attached hydrogens (tertiary/aromatic N) is 4. The summed E-state index contributed by atoms with van der Waals surface area (Å²) in [6.45, 7) is 0. The first-order valence-electron chi connectivity index (χ1n) is 23.4. The van der Waals surface area contributed by atoms with E-state index in [-0.39, 0.29) is 0 Å². The van der Waals surface area contributed by atoms with Crippen molar-refractivity contribution in [2.24, 2.45) is 0 Å². The molecule has 5 heteroatoms. The van der Waals surface area contributed by atoms with Crippen molar-refractivity contribution in [1.29, 1.82) is 0 Å². The number of rotatable bonds is 7. The SMILES string of the molecule is c1ccc(-c2cccc(-c3ccc4c(c3)c3c(ccc5c6cc(-c7cccc(-c8ccccc8)n7)ccc6n(-c6cccc(-c7cccc8c7sc7ccccc78)c6)c53)n4-c3ccccc3)n2)cc1. The van der Waals surface area contributed by atoms with E-state index >= 15 is 0 Å². The van der Waals surface area contributed by atoms with Crippen LogP contribution in [-0.4, -0.2) is 19.1 Å². The molecule has 0 atom stereocenters. The zero-order valence-corrected chi connectivity index (χ0v) is 38.1. The zero-order valence-electron chi connectivity index (χ0n) is 37.3. The molecule has 5 aromatic heterocycles. The Hall–Kier alpha value is -8.90. The summed E-state index contributed by atoms with van der Waals surface area (Å²) >= 11 is 1.87. The van der Waals surface area contributed by atoms with Gasteiger partial charge in [-0.25, -0.2) is 9.97 Å². The largest absolute Gasteiger partial charge is 0.309 e. The van der Waals surface area contributed by atoms with E-state index in [1.807, 2.05) is 23.5 Å². The van der Waals surface area contributed by atoms with Crippen LogP contribution in [-0.2, 0) is 0 Å². The molecule has 0 radical (unpaired) electrons. The molecule has 14 rings (SSSR count). The van der Waals surface area contributed by atoms with Gasteiger partial charge in [0.1, 0.15) is 0 Å². The molecule has 69 heavy (non-hydrogen) atoms. The molecule has 0 amide bonds. The smallest absolute Gasteiger partial charge is 0.0709 e. The summed E-state index contributed by atoms with van der Waals surface area (Å²) in [4.78, 5) is 10.5. The lowest BCUT2D eigenvalue weighted by Gasteiger charge is -2.12. The van der Waals surface area contributed by atoms with E-state index in [0.29, 0.717) is 0 Å². The van der Waals surface area contributed by atoms with Gasteiger partial charge in [-0.2, -0.15) is 0 Å². The number of pyridine rings is 2. The summed E-state index contributed by atoms with van der Waals surface area (Å²) in [7, 11) is 0. The van der Waals surface area contributed by atoms with Crippen LogP contribution in [0.25, 0.3) is 131 Å². The molecule has 0 aliphatic rings. The number of benzene rings is 9. The highest BCUT2D eigenvalue weighted by Gasteiger charge is 2.23. The van der Waals surface area contributed by atoms with Crippen molar-refractivity contribution in [1.82, 2.24) is 19.1 Å².